The number of ether oxygens (including phenoxy) is 1. The fourth-order valence-corrected chi connectivity index (χ4v) is 2.10. The van der Waals surface area contributed by atoms with Gasteiger partial charge in [-0.15, -0.1) is 0 Å². The quantitative estimate of drug-likeness (QED) is 0.739. The number of para-hydroxylation sites is 1. The normalized spacial score (nSPS) is 10.7. The molecule has 0 saturated carbocycles. The van der Waals surface area contributed by atoms with Crippen molar-refractivity contribution < 1.29 is 9.84 Å². The topological polar surface area (TPSA) is 88.1 Å². The van der Waals surface area contributed by atoms with Crippen molar-refractivity contribution in [1.82, 2.24) is 15.0 Å². The van der Waals surface area contributed by atoms with Crippen LogP contribution in [0.25, 0.3) is 22.3 Å². The minimum absolute atomic E-state index is 0.121. The largest absolute Gasteiger partial charge is 0.505 e. The van der Waals surface area contributed by atoms with Gasteiger partial charge in [0.1, 0.15) is 11.3 Å². The van der Waals surface area contributed by atoms with Crippen molar-refractivity contribution in [1.29, 1.82) is 0 Å². The van der Waals surface area contributed by atoms with Gasteiger partial charge in [0.25, 0.3) is 5.56 Å². The Balaban J connectivity index is 2.40. The Morgan fingerprint density at radius 1 is 1.20 bits per heavy atom. The first-order chi connectivity index (χ1) is 9.72. The third kappa shape index (κ3) is 1.78. The van der Waals surface area contributed by atoms with Gasteiger partial charge in [0.05, 0.1) is 12.7 Å². The lowest BCUT2D eigenvalue weighted by Crippen LogP contribution is -2.11. The molecule has 0 bridgehead atoms. The van der Waals surface area contributed by atoms with E-state index in [0.29, 0.717) is 11.3 Å². The molecule has 2 N–H and O–H groups in total. The molecule has 0 fully saturated rings. The molecule has 0 atom stereocenters. The van der Waals surface area contributed by atoms with Gasteiger partial charge in [0.15, 0.2) is 11.4 Å². The molecular formula is C14H11N3O3. The number of H-pyrrole nitrogens is 1. The second-order valence-electron chi connectivity index (χ2n) is 4.13. The van der Waals surface area contributed by atoms with Crippen LogP contribution in [0.5, 0.6) is 11.5 Å². The third-order valence-electron chi connectivity index (χ3n) is 2.99. The molecule has 6 nitrogen and oxygen atoms in total. The fraction of sp³-hybridized carbons (Fsp3) is 0.0714. The molecule has 0 aliphatic heterocycles. The lowest BCUT2D eigenvalue weighted by atomic mass is 10.0. The zero-order chi connectivity index (χ0) is 14.1. The summed E-state index contributed by atoms with van der Waals surface area (Å²) in [5, 5.41) is 10.3. The van der Waals surface area contributed by atoms with E-state index in [4.69, 9.17) is 4.74 Å². The lowest BCUT2D eigenvalue weighted by Gasteiger charge is -2.10. The number of aromatic nitrogens is 3. The van der Waals surface area contributed by atoms with E-state index in [2.05, 4.69) is 15.0 Å². The van der Waals surface area contributed by atoms with Gasteiger partial charge in [-0.1, -0.05) is 18.2 Å². The molecule has 0 spiro atoms. The number of nitrogens with zero attached hydrogens (tertiary/aromatic N) is 2. The van der Waals surface area contributed by atoms with Gasteiger partial charge in [0, 0.05) is 18.0 Å². The number of benzene rings is 1. The Morgan fingerprint density at radius 3 is 2.75 bits per heavy atom. The van der Waals surface area contributed by atoms with E-state index in [9.17, 15) is 9.90 Å². The van der Waals surface area contributed by atoms with Crippen molar-refractivity contribution in [3.63, 3.8) is 0 Å². The molecule has 0 aliphatic rings. The summed E-state index contributed by atoms with van der Waals surface area (Å²) in [5.74, 6) is 0.290. The summed E-state index contributed by atoms with van der Waals surface area (Å²) in [5.41, 5.74) is 0.665. The number of hydrogen-bond donors (Lipinski definition) is 2. The molecule has 3 aromatic rings. The standard InChI is InChI=1S/C14H11N3O3/c1-20-9-5-3-2-4-8(9)10-12(18)11-13(17-14(10)19)16-7-6-15-11/h2-7H,1H3,(H2,16,17,18,19). The number of pyridine rings is 1. The highest BCUT2D eigenvalue weighted by atomic mass is 16.5. The lowest BCUT2D eigenvalue weighted by molar-refractivity contribution is 0.415. The van der Waals surface area contributed by atoms with Crippen LogP contribution in [-0.4, -0.2) is 27.2 Å². The second-order valence-corrected chi connectivity index (χ2v) is 4.13. The summed E-state index contributed by atoms with van der Waals surface area (Å²) >= 11 is 0. The van der Waals surface area contributed by atoms with E-state index in [1.807, 2.05) is 0 Å². The van der Waals surface area contributed by atoms with E-state index in [0.717, 1.165) is 0 Å². The predicted molar refractivity (Wildman–Crippen MR) is 73.8 cm³/mol. The van der Waals surface area contributed by atoms with Crippen LogP contribution in [0.3, 0.4) is 0 Å². The number of hydrogen-bond acceptors (Lipinski definition) is 5. The number of rotatable bonds is 2. The highest BCUT2D eigenvalue weighted by Crippen LogP contribution is 2.35. The predicted octanol–water partition coefficient (Wildman–Crippen LogP) is 1.70. The Labute approximate surface area is 113 Å². The molecule has 0 saturated heterocycles. The van der Waals surface area contributed by atoms with Crippen LogP contribution < -0.4 is 10.3 Å². The van der Waals surface area contributed by atoms with Gasteiger partial charge < -0.3 is 14.8 Å². The summed E-state index contributed by atoms with van der Waals surface area (Å²) in [6.07, 6.45) is 2.90. The summed E-state index contributed by atoms with van der Waals surface area (Å²) in [6, 6.07) is 6.96. The minimum Gasteiger partial charge on any atom is -0.505 e. The van der Waals surface area contributed by atoms with E-state index in [1.54, 1.807) is 24.3 Å². The summed E-state index contributed by atoms with van der Waals surface area (Å²) in [7, 11) is 1.50. The van der Waals surface area contributed by atoms with Gasteiger partial charge in [0.2, 0.25) is 0 Å². The van der Waals surface area contributed by atoms with E-state index < -0.39 is 5.56 Å². The first-order valence-corrected chi connectivity index (χ1v) is 5.91. The van der Waals surface area contributed by atoms with Crippen molar-refractivity contribution in [3.8, 4) is 22.6 Å². The highest BCUT2D eigenvalue weighted by molar-refractivity contribution is 5.88. The maximum Gasteiger partial charge on any atom is 0.261 e. The van der Waals surface area contributed by atoms with Crippen LogP contribution in [-0.2, 0) is 0 Å². The molecule has 1 aromatic carbocycles. The highest BCUT2D eigenvalue weighted by Gasteiger charge is 2.18. The van der Waals surface area contributed by atoms with Gasteiger partial charge in [-0.2, -0.15) is 0 Å². The van der Waals surface area contributed by atoms with Crippen LogP contribution in [0.15, 0.2) is 41.5 Å². The van der Waals surface area contributed by atoms with Gasteiger partial charge >= 0.3 is 0 Å². The molecule has 0 amide bonds. The molecule has 0 aliphatic carbocycles. The van der Waals surface area contributed by atoms with Crippen LogP contribution in [0, 0.1) is 0 Å². The second kappa shape index (κ2) is 4.65. The Morgan fingerprint density at radius 2 is 1.95 bits per heavy atom. The molecule has 0 unspecified atom stereocenters. The maximum absolute atomic E-state index is 12.2. The Kier molecular flexibility index (Phi) is 2.83. The first-order valence-electron chi connectivity index (χ1n) is 5.91. The van der Waals surface area contributed by atoms with Gasteiger partial charge in [-0.25, -0.2) is 9.97 Å². The van der Waals surface area contributed by atoms with E-state index >= 15 is 0 Å². The molecule has 2 heterocycles. The summed E-state index contributed by atoms with van der Waals surface area (Å²) in [6.45, 7) is 0. The molecule has 0 radical (unpaired) electrons. The maximum atomic E-state index is 12.2. The van der Waals surface area contributed by atoms with Gasteiger partial charge in [-0.05, 0) is 6.07 Å². The molecule has 6 heteroatoms. The van der Waals surface area contributed by atoms with E-state index in [1.165, 1.54) is 19.5 Å². The first kappa shape index (κ1) is 12.2. The molecule has 100 valence electrons. The zero-order valence-corrected chi connectivity index (χ0v) is 10.6. The molecule has 20 heavy (non-hydrogen) atoms. The smallest absolute Gasteiger partial charge is 0.261 e. The van der Waals surface area contributed by atoms with Crippen molar-refractivity contribution in [3.05, 3.63) is 47.0 Å². The number of methoxy groups -OCH3 is 1. The SMILES string of the molecule is COc1ccccc1-c1c(O)c2nccnc2[nH]c1=O. The van der Waals surface area contributed by atoms with Crippen molar-refractivity contribution in [2.45, 2.75) is 0 Å². The average Bonchev–Trinajstić information content (AvgIpc) is 2.48. The number of fused-ring (bicyclic) bond motifs is 1. The molecule has 3 rings (SSSR count). The molecular weight excluding hydrogens is 258 g/mol. The minimum atomic E-state index is -0.444. The monoisotopic (exact) mass is 269 g/mol. The van der Waals surface area contributed by atoms with Crippen LogP contribution in [0.4, 0.5) is 0 Å². The van der Waals surface area contributed by atoms with Crippen molar-refractivity contribution in [2.24, 2.45) is 0 Å². The van der Waals surface area contributed by atoms with Crippen molar-refractivity contribution >= 4 is 11.2 Å². The van der Waals surface area contributed by atoms with Crippen LogP contribution in [0.2, 0.25) is 0 Å². The summed E-state index contributed by atoms with van der Waals surface area (Å²) < 4.78 is 5.22. The van der Waals surface area contributed by atoms with Gasteiger partial charge in [-0.3, -0.25) is 4.79 Å². The number of aromatic hydroxyl groups is 1. The van der Waals surface area contributed by atoms with Crippen LogP contribution in [0.1, 0.15) is 0 Å². The zero-order valence-electron chi connectivity index (χ0n) is 10.6. The number of nitrogens with one attached hydrogen (secondary N) is 1. The third-order valence-corrected chi connectivity index (χ3v) is 2.99. The fourth-order valence-electron chi connectivity index (χ4n) is 2.10. The van der Waals surface area contributed by atoms with E-state index in [-0.39, 0.29) is 22.5 Å². The Bertz CT molecular complexity index is 842. The number of aromatic amines is 1. The van der Waals surface area contributed by atoms with Crippen LogP contribution >= 0.6 is 0 Å². The van der Waals surface area contributed by atoms with Crippen molar-refractivity contribution in [2.75, 3.05) is 7.11 Å². The summed E-state index contributed by atoms with van der Waals surface area (Å²) in [4.78, 5) is 22.8. The average molecular weight is 269 g/mol. The molecule has 2 aromatic heterocycles. The Hall–Kier alpha value is -2.89.